The lowest BCUT2D eigenvalue weighted by Gasteiger charge is -2.38. The molecule has 0 fully saturated rings. The van der Waals surface area contributed by atoms with Gasteiger partial charge in [-0.3, -0.25) is 9.52 Å². The van der Waals surface area contributed by atoms with Crippen LogP contribution in [0, 0.1) is 5.92 Å². The predicted molar refractivity (Wildman–Crippen MR) is 148 cm³/mol. The zero-order valence-electron chi connectivity index (χ0n) is 22.6. The van der Waals surface area contributed by atoms with Crippen LogP contribution in [-0.2, 0) is 27.1 Å². The maximum Gasteiger partial charge on any atom is 0.280 e. The van der Waals surface area contributed by atoms with Crippen molar-refractivity contribution >= 4 is 31.6 Å². The average Bonchev–Trinajstić information content (AvgIpc) is 3.38. The number of anilines is 1. The van der Waals surface area contributed by atoms with Gasteiger partial charge in [-0.15, -0.1) is 0 Å². The number of rotatable bonds is 9. The van der Waals surface area contributed by atoms with Crippen LogP contribution in [0.25, 0.3) is 0 Å². The number of carbonyl (C=O) groups is 1. The first-order valence-electron chi connectivity index (χ1n) is 12.6. The summed E-state index contributed by atoms with van der Waals surface area (Å²) in [5.74, 6) is -0.601. The number of aliphatic hydroxyl groups is 1. The van der Waals surface area contributed by atoms with Crippen LogP contribution in [0.15, 0.2) is 71.0 Å². The molecule has 14 heteroatoms. The number of imidazole rings is 1. The average molecular weight is 592 g/mol. The standard InChI is InChI=1S/C26H33N5O7S2/c1-18-13-31(19(2)16-32)26(33)22-12-20(28-39(34,35)25-15-29(3)17-27-25)10-11-23(22)38-24(18)14-30(4)40(36,37)21-8-6-5-7-9-21/h5-12,15,17-19,24,28,32H,13-14,16H2,1-4H3/t18-,19-,24-/m0/s1. The van der Waals surface area contributed by atoms with Gasteiger partial charge in [-0.1, -0.05) is 25.1 Å². The van der Waals surface area contributed by atoms with Crippen LogP contribution in [0.2, 0.25) is 0 Å². The van der Waals surface area contributed by atoms with E-state index in [2.05, 4.69) is 9.71 Å². The third-order valence-electron chi connectivity index (χ3n) is 6.76. The van der Waals surface area contributed by atoms with Gasteiger partial charge >= 0.3 is 0 Å². The maximum absolute atomic E-state index is 13.6. The van der Waals surface area contributed by atoms with Gasteiger partial charge in [-0.25, -0.2) is 13.4 Å². The molecule has 1 aromatic heterocycles. The Morgan fingerprint density at radius 3 is 2.50 bits per heavy atom. The Hall–Kier alpha value is -3.46. The Labute approximate surface area is 234 Å². The summed E-state index contributed by atoms with van der Waals surface area (Å²) in [5, 5.41) is 9.68. The van der Waals surface area contributed by atoms with Crippen molar-refractivity contribution < 1.29 is 31.5 Å². The number of nitrogens with one attached hydrogen (secondary N) is 1. The SMILES string of the molecule is C[C@H]1CN([C@@H](C)CO)C(=O)c2cc(NS(=O)(=O)c3cn(C)cn3)ccc2O[C@H]1CN(C)S(=O)(=O)c1ccccc1. The van der Waals surface area contributed by atoms with Crippen molar-refractivity contribution in [2.24, 2.45) is 13.0 Å². The highest BCUT2D eigenvalue weighted by Crippen LogP contribution is 2.31. The minimum atomic E-state index is -4.03. The summed E-state index contributed by atoms with van der Waals surface area (Å²) in [7, 11) is -4.73. The van der Waals surface area contributed by atoms with E-state index in [0.717, 1.165) is 0 Å². The first kappa shape index (κ1) is 29.5. The van der Waals surface area contributed by atoms with Crippen molar-refractivity contribution in [2.75, 3.05) is 31.5 Å². The van der Waals surface area contributed by atoms with Crippen molar-refractivity contribution in [2.45, 2.75) is 35.9 Å². The number of amides is 1. The number of likely N-dealkylation sites (N-methyl/N-ethyl adjacent to an activating group) is 1. The number of sulfonamides is 2. The minimum absolute atomic E-state index is 0.0125. The van der Waals surface area contributed by atoms with E-state index in [4.69, 9.17) is 4.74 Å². The van der Waals surface area contributed by atoms with Gasteiger partial charge in [0.15, 0.2) is 5.03 Å². The second kappa shape index (κ2) is 11.6. The molecule has 0 spiro atoms. The first-order valence-corrected chi connectivity index (χ1v) is 15.5. The van der Waals surface area contributed by atoms with Crippen molar-refractivity contribution in [3.8, 4) is 5.75 Å². The van der Waals surface area contributed by atoms with Gasteiger partial charge in [0.2, 0.25) is 10.0 Å². The minimum Gasteiger partial charge on any atom is -0.488 e. The molecule has 1 aliphatic rings. The zero-order chi connectivity index (χ0) is 29.2. The Morgan fingerprint density at radius 1 is 1.18 bits per heavy atom. The molecule has 0 unspecified atom stereocenters. The molecule has 12 nitrogen and oxygen atoms in total. The Morgan fingerprint density at radius 2 is 1.88 bits per heavy atom. The highest BCUT2D eigenvalue weighted by Gasteiger charge is 2.35. The van der Waals surface area contributed by atoms with Crippen LogP contribution in [-0.4, -0.2) is 85.5 Å². The van der Waals surface area contributed by atoms with Crippen LogP contribution in [0.1, 0.15) is 24.2 Å². The summed E-state index contributed by atoms with van der Waals surface area (Å²) in [5.41, 5.74) is 0.193. The lowest BCUT2D eigenvalue weighted by atomic mass is 9.99. The molecule has 2 N–H and O–H groups in total. The summed E-state index contributed by atoms with van der Waals surface area (Å²) < 4.78 is 63.4. The van der Waals surface area contributed by atoms with Crippen molar-refractivity contribution in [3.05, 3.63) is 66.6 Å². The molecule has 0 aliphatic carbocycles. The van der Waals surface area contributed by atoms with E-state index in [1.807, 2.05) is 6.92 Å². The summed E-state index contributed by atoms with van der Waals surface area (Å²) >= 11 is 0. The van der Waals surface area contributed by atoms with Gasteiger partial charge in [0.05, 0.1) is 36.0 Å². The summed E-state index contributed by atoms with van der Waals surface area (Å²) in [6.07, 6.45) is 2.04. The molecular weight excluding hydrogens is 558 g/mol. The quantitative estimate of drug-likeness (QED) is 0.382. The summed E-state index contributed by atoms with van der Waals surface area (Å²) in [6, 6.07) is 11.8. The lowest BCUT2D eigenvalue weighted by molar-refractivity contribution is 0.0387. The maximum atomic E-state index is 13.6. The molecule has 0 saturated heterocycles. The second-order valence-corrected chi connectivity index (χ2v) is 13.6. The van der Waals surface area contributed by atoms with Crippen LogP contribution in [0.5, 0.6) is 5.75 Å². The molecule has 3 atom stereocenters. The molecule has 3 aromatic rings. The van der Waals surface area contributed by atoms with Gasteiger partial charge in [-0.2, -0.15) is 12.7 Å². The van der Waals surface area contributed by atoms with E-state index in [1.165, 1.54) is 63.7 Å². The molecule has 2 aromatic carbocycles. The molecule has 1 amide bonds. The van der Waals surface area contributed by atoms with Gasteiger partial charge < -0.3 is 19.3 Å². The van der Waals surface area contributed by atoms with E-state index < -0.39 is 38.1 Å². The molecule has 0 bridgehead atoms. The number of fused-ring (bicyclic) bond motifs is 1. The topological polar surface area (TPSA) is 151 Å². The molecule has 2 heterocycles. The fourth-order valence-corrected chi connectivity index (χ4v) is 6.60. The zero-order valence-corrected chi connectivity index (χ0v) is 24.3. The number of hydrogen-bond acceptors (Lipinski definition) is 8. The number of aromatic nitrogens is 2. The Kier molecular flexibility index (Phi) is 8.54. The molecule has 0 saturated carbocycles. The number of aryl methyl sites for hydroxylation is 1. The number of hydrogen-bond donors (Lipinski definition) is 2. The largest absolute Gasteiger partial charge is 0.488 e. The van der Waals surface area contributed by atoms with Gasteiger partial charge in [0, 0.05) is 38.4 Å². The Balaban J connectivity index is 1.68. The third-order valence-corrected chi connectivity index (χ3v) is 9.87. The number of nitrogens with zero attached hydrogens (tertiary/aromatic N) is 4. The second-order valence-electron chi connectivity index (χ2n) is 9.92. The van der Waals surface area contributed by atoms with Gasteiger partial charge in [-0.05, 0) is 37.3 Å². The number of benzene rings is 2. The highest BCUT2D eigenvalue weighted by atomic mass is 32.2. The Bertz CT molecular complexity index is 1580. The fraction of sp³-hybridized carbons (Fsp3) is 0.385. The lowest BCUT2D eigenvalue weighted by Crippen LogP contribution is -2.50. The van der Waals surface area contributed by atoms with E-state index in [0.29, 0.717) is 0 Å². The van der Waals surface area contributed by atoms with E-state index in [9.17, 15) is 26.7 Å². The number of ether oxygens (including phenoxy) is 1. The molecule has 0 radical (unpaired) electrons. The molecule has 40 heavy (non-hydrogen) atoms. The van der Waals surface area contributed by atoms with Crippen molar-refractivity contribution in [1.82, 2.24) is 18.8 Å². The summed E-state index contributed by atoms with van der Waals surface area (Å²) in [6.45, 7) is 3.41. The van der Waals surface area contributed by atoms with Gasteiger partial charge in [0.1, 0.15) is 11.9 Å². The predicted octanol–water partition coefficient (Wildman–Crippen LogP) is 1.76. The highest BCUT2D eigenvalue weighted by molar-refractivity contribution is 7.92. The normalized spacial score (nSPS) is 18.9. The monoisotopic (exact) mass is 591 g/mol. The van der Waals surface area contributed by atoms with E-state index in [1.54, 1.807) is 32.2 Å². The molecular formula is C26H33N5O7S2. The molecule has 4 rings (SSSR count). The van der Waals surface area contributed by atoms with E-state index >= 15 is 0 Å². The van der Waals surface area contributed by atoms with Crippen LogP contribution in [0.4, 0.5) is 5.69 Å². The summed E-state index contributed by atoms with van der Waals surface area (Å²) in [4.78, 5) is 19.1. The van der Waals surface area contributed by atoms with Crippen LogP contribution >= 0.6 is 0 Å². The number of aliphatic hydroxyl groups excluding tert-OH is 1. The first-order chi connectivity index (χ1) is 18.8. The smallest absolute Gasteiger partial charge is 0.280 e. The van der Waals surface area contributed by atoms with Crippen molar-refractivity contribution in [1.29, 1.82) is 0 Å². The molecule has 1 aliphatic heterocycles. The van der Waals surface area contributed by atoms with Gasteiger partial charge in [0.25, 0.3) is 15.9 Å². The van der Waals surface area contributed by atoms with Crippen LogP contribution in [0.3, 0.4) is 0 Å². The number of carbonyl (C=O) groups excluding carboxylic acids is 1. The van der Waals surface area contributed by atoms with Crippen molar-refractivity contribution in [3.63, 3.8) is 0 Å². The fourth-order valence-electron chi connectivity index (χ4n) is 4.36. The third kappa shape index (κ3) is 6.14. The van der Waals surface area contributed by atoms with E-state index in [-0.39, 0.29) is 52.5 Å². The molecule has 216 valence electrons. The van der Waals surface area contributed by atoms with Crippen LogP contribution < -0.4 is 9.46 Å².